The normalized spacial score (nSPS) is 16.1. The molecule has 0 bridgehead atoms. The Labute approximate surface area is 131 Å². The van der Waals surface area contributed by atoms with Crippen LogP contribution in [0.25, 0.3) is 0 Å². The zero-order chi connectivity index (χ0) is 15.5. The van der Waals surface area contributed by atoms with E-state index in [1.54, 1.807) is 13.2 Å². The fourth-order valence-corrected chi connectivity index (χ4v) is 3.37. The summed E-state index contributed by atoms with van der Waals surface area (Å²) < 4.78 is 3.28. The highest BCUT2D eigenvalue weighted by Crippen LogP contribution is 2.26. The highest BCUT2D eigenvalue weighted by Gasteiger charge is 2.19. The second-order valence-electron chi connectivity index (χ2n) is 6.36. The molecule has 3 rings (SSSR count). The molecule has 0 amide bonds. The average molecular weight is 300 g/mol. The Morgan fingerprint density at radius 1 is 1.27 bits per heavy atom. The van der Waals surface area contributed by atoms with Crippen molar-refractivity contribution in [2.24, 2.45) is 13.0 Å². The van der Waals surface area contributed by atoms with Gasteiger partial charge >= 0.3 is 5.69 Å². The molecule has 22 heavy (non-hydrogen) atoms. The molecule has 1 saturated carbocycles. The highest BCUT2D eigenvalue weighted by atomic mass is 16.2. The Kier molecular flexibility index (Phi) is 4.41. The van der Waals surface area contributed by atoms with Gasteiger partial charge in [0.1, 0.15) is 5.82 Å². The van der Waals surface area contributed by atoms with Crippen molar-refractivity contribution in [2.45, 2.75) is 52.0 Å². The summed E-state index contributed by atoms with van der Waals surface area (Å²) in [4.78, 5) is 16.7. The fraction of sp³-hybridized carbons (Fsp3) is 0.588. The lowest BCUT2D eigenvalue weighted by atomic mass is 9.87. The molecule has 0 radical (unpaired) electrons. The quantitative estimate of drug-likeness (QED) is 0.871. The number of aromatic nitrogens is 4. The van der Waals surface area contributed by atoms with Crippen LogP contribution in [0.1, 0.15) is 49.2 Å². The van der Waals surface area contributed by atoms with Gasteiger partial charge in [-0.15, -0.1) is 0 Å². The van der Waals surface area contributed by atoms with Crippen LogP contribution < -0.4 is 5.69 Å². The third kappa shape index (κ3) is 3.13. The summed E-state index contributed by atoms with van der Waals surface area (Å²) in [5.41, 5.74) is 2.03. The summed E-state index contributed by atoms with van der Waals surface area (Å²) in [5.74, 6) is 1.59. The Morgan fingerprint density at radius 3 is 2.77 bits per heavy atom. The van der Waals surface area contributed by atoms with E-state index < -0.39 is 0 Å². The van der Waals surface area contributed by atoms with Gasteiger partial charge in [-0.05, 0) is 24.5 Å². The maximum Gasteiger partial charge on any atom is 0.345 e. The number of hydrogen-bond acceptors (Lipinski definition) is 3. The molecule has 0 aromatic carbocycles. The third-order valence-corrected chi connectivity index (χ3v) is 4.73. The smallest absolute Gasteiger partial charge is 0.274 e. The van der Waals surface area contributed by atoms with Crippen LogP contribution in [0, 0.1) is 12.8 Å². The Morgan fingerprint density at radius 2 is 2.05 bits per heavy atom. The molecule has 5 nitrogen and oxygen atoms in total. The van der Waals surface area contributed by atoms with E-state index in [2.05, 4.69) is 10.1 Å². The standard InChI is InChI=1S/C17H24N4O/c1-13-15(9-6-10-18-13)12-21-16(19-20(2)17(21)22)11-14-7-4-3-5-8-14/h6,9-10,14H,3-5,7-8,11-12H2,1-2H3. The van der Waals surface area contributed by atoms with Gasteiger partial charge in [0, 0.05) is 25.4 Å². The number of nitrogens with zero attached hydrogens (tertiary/aromatic N) is 4. The van der Waals surface area contributed by atoms with E-state index in [9.17, 15) is 4.79 Å². The van der Waals surface area contributed by atoms with Crippen LogP contribution >= 0.6 is 0 Å². The molecule has 1 aliphatic carbocycles. The van der Waals surface area contributed by atoms with Crippen molar-refractivity contribution in [1.82, 2.24) is 19.3 Å². The van der Waals surface area contributed by atoms with Crippen molar-refractivity contribution in [3.63, 3.8) is 0 Å². The minimum absolute atomic E-state index is 0.0333. The van der Waals surface area contributed by atoms with Crippen LogP contribution in [0.5, 0.6) is 0 Å². The molecule has 0 N–H and O–H groups in total. The van der Waals surface area contributed by atoms with E-state index >= 15 is 0 Å². The lowest BCUT2D eigenvalue weighted by Crippen LogP contribution is -2.25. The predicted octanol–water partition coefficient (Wildman–Crippen LogP) is 2.46. The monoisotopic (exact) mass is 300 g/mol. The lowest BCUT2D eigenvalue weighted by Gasteiger charge is -2.21. The van der Waals surface area contributed by atoms with Gasteiger partial charge < -0.3 is 0 Å². The summed E-state index contributed by atoms with van der Waals surface area (Å²) in [5, 5.41) is 4.48. The van der Waals surface area contributed by atoms with Crippen LogP contribution in [-0.2, 0) is 20.0 Å². The predicted molar refractivity (Wildman–Crippen MR) is 85.8 cm³/mol. The summed E-state index contributed by atoms with van der Waals surface area (Å²) >= 11 is 0. The molecule has 1 fully saturated rings. The van der Waals surface area contributed by atoms with Crippen molar-refractivity contribution in [2.75, 3.05) is 0 Å². The molecule has 1 aliphatic rings. The van der Waals surface area contributed by atoms with Gasteiger partial charge in [0.2, 0.25) is 0 Å². The minimum atomic E-state index is -0.0333. The van der Waals surface area contributed by atoms with Gasteiger partial charge in [-0.3, -0.25) is 9.55 Å². The number of hydrogen-bond donors (Lipinski definition) is 0. The molecule has 5 heteroatoms. The van der Waals surface area contributed by atoms with Gasteiger partial charge in [-0.25, -0.2) is 9.48 Å². The summed E-state index contributed by atoms with van der Waals surface area (Å²) in [7, 11) is 1.74. The van der Waals surface area contributed by atoms with Crippen LogP contribution in [-0.4, -0.2) is 19.3 Å². The Balaban J connectivity index is 1.86. The molecule has 2 aromatic rings. The SMILES string of the molecule is Cc1ncccc1Cn1c(CC2CCCCC2)nn(C)c1=O. The average Bonchev–Trinajstić information content (AvgIpc) is 2.78. The third-order valence-electron chi connectivity index (χ3n) is 4.73. The van der Waals surface area contributed by atoms with E-state index in [1.807, 2.05) is 23.6 Å². The highest BCUT2D eigenvalue weighted by molar-refractivity contribution is 5.19. The largest absolute Gasteiger partial charge is 0.345 e. The molecule has 0 atom stereocenters. The molecule has 0 unspecified atom stereocenters. The van der Waals surface area contributed by atoms with E-state index in [1.165, 1.54) is 36.8 Å². The van der Waals surface area contributed by atoms with E-state index in [4.69, 9.17) is 0 Å². The maximum atomic E-state index is 12.4. The zero-order valence-corrected chi connectivity index (χ0v) is 13.5. The molecule has 0 saturated heterocycles. The molecular weight excluding hydrogens is 276 g/mol. The van der Waals surface area contributed by atoms with Crippen LogP contribution in [0.15, 0.2) is 23.1 Å². The van der Waals surface area contributed by atoms with Crippen molar-refractivity contribution >= 4 is 0 Å². The molecule has 2 heterocycles. The second kappa shape index (κ2) is 6.46. The summed E-state index contributed by atoms with van der Waals surface area (Å²) in [6, 6.07) is 3.96. The van der Waals surface area contributed by atoms with Crippen LogP contribution in [0.3, 0.4) is 0 Å². The molecule has 0 aliphatic heterocycles. The molecule has 0 spiro atoms. The first-order valence-electron chi connectivity index (χ1n) is 8.18. The van der Waals surface area contributed by atoms with Gasteiger partial charge in [-0.2, -0.15) is 5.10 Å². The van der Waals surface area contributed by atoms with E-state index in [0.29, 0.717) is 12.5 Å². The van der Waals surface area contributed by atoms with Crippen molar-refractivity contribution in [3.05, 3.63) is 45.9 Å². The minimum Gasteiger partial charge on any atom is -0.274 e. The topological polar surface area (TPSA) is 52.7 Å². The van der Waals surface area contributed by atoms with Crippen LogP contribution in [0.2, 0.25) is 0 Å². The molecular formula is C17H24N4O. The Bertz CT molecular complexity index is 695. The first-order chi connectivity index (χ1) is 10.6. The lowest BCUT2D eigenvalue weighted by molar-refractivity contribution is 0.347. The second-order valence-corrected chi connectivity index (χ2v) is 6.36. The number of pyridine rings is 1. The van der Waals surface area contributed by atoms with Crippen LogP contribution in [0.4, 0.5) is 0 Å². The van der Waals surface area contributed by atoms with E-state index in [-0.39, 0.29) is 5.69 Å². The molecule has 2 aromatic heterocycles. The van der Waals surface area contributed by atoms with Crippen molar-refractivity contribution in [1.29, 1.82) is 0 Å². The van der Waals surface area contributed by atoms with Crippen molar-refractivity contribution < 1.29 is 0 Å². The van der Waals surface area contributed by atoms with Gasteiger partial charge in [0.15, 0.2) is 0 Å². The van der Waals surface area contributed by atoms with Gasteiger partial charge in [-0.1, -0.05) is 38.2 Å². The summed E-state index contributed by atoms with van der Waals surface area (Å²) in [6.45, 7) is 2.55. The van der Waals surface area contributed by atoms with Crippen molar-refractivity contribution in [3.8, 4) is 0 Å². The fourth-order valence-electron chi connectivity index (χ4n) is 3.37. The molecule has 118 valence electrons. The first kappa shape index (κ1) is 15.0. The zero-order valence-electron chi connectivity index (χ0n) is 13.5. The summed E-state index contributed by atoms with van der Waals surface area (Å²) in [6.07, 6.45) is 9.18. The van der Waals surface area contributed by atoms with E-state index in [0.717, 1.165) is 23.5 Å². The van der Waals surface area contributed by atoms with Gasteiger partial charge in [0.05, 0.1) is 6.54 Å². The number of aryl methyl sites for hydroxylation is 2. The first-order valence-corrected chi connectivity index (χ1v) is 8.18. The van der Waals surface area contributed by atoms with Gasteiger partial charge in [0.25, 0.3) is 0 Å². The Hall–Kier alpha value is -1.91. The number of rotatable bonds is 4. The maximum absolute atomic E-state index is 12.4.